The third-order valence-corrected chi connectivity index (χ3v) is 3.55. The molecule has 3 aromatic rings. The van der Waals surface area contributed by atoms with E-state index >= 15 is 0 Å². The van der Waals surface area contributed by atoms with Crippen LogP contribution in [0.3, 0.4) is 0 Å². The van der Waals surface area contributed by atoms with Crippen LogP contribution in [-0.2, 0) is 6.42 Å². The van der Waals surface area contributed by atoms with Crippen LogP contribution in [0.4, 0.5) is 0 Å². The monoisotopic (exact) mass is 247 g/mol. The van der Waals surface area contributed by atoms with E-state index in [1.807, 2.05) is 18.2 Å². The third-order valence-electron chi connectivity index (χ3n) is 3.55. The largest absolute Gasteiger partial charge is 0.324 e. The van der Waals surface area contributed by atoms with Gasteiger partial charge in [0.15, 0.2) is 0 Å². The van der Waals surface area contributed by atoms with Gasteiger partial charge in [0.05, 0.1) is 0 Å². The molecule has 3 rings (SSSR count). The Hall–Kier alpha value is -2.12. The topological polar surface area (TPSA) is 26.0 Å². The molecule has 0 heterocycles. The molecule has 0 aliphatic rings. The molecule has 0 saturated carbocycles. The molecule has 0 radical (unpaired) electrons. The Morgan fingerprint density at radius 3 is 2.26 bits per heavy atom. The molecule has 0 bridgehead atoms. The highest BCUT2D eigenvalue weighted by Crippen LogP contribution is 2.23. The Morgan fingerprint density at radius 2 is 1.42 bits per heavy atom. The molecule has 2 N–H and O–H groups in total. The Morgan fingerprint density at radius 1 is 0.737 bits per heavy atom. The van der Waals surface area contributed by atoms with Gasteiger partial charge in [-0.15, -0.1) is 0 Å². The van der Waals surface area contributed by atoms with Gasteiger partial charge in [-0.25, -0.2) is 0 Å². The summed E-state index contributed by atoms with van der Waals surface area (Å²) in [6, 6.07) is 25.2. The smallest absolute Gasteiger partial charge is 0.0335 e. The zero-order chi connectivity index (χ0) is 13.1. The van der Waals surface area contributed by atoms with Crippen LogP contribution < -0.4 is 5.73 Å². The molecule has 0 saturated heterocycles. The fraction of sp³-hybridized carbons (Fsp3) is 0.111. The maximum Gasteiger partial charge on any atom is 0.0335 e. The first kappa shape index (κ1) is 11.9. The van der Waals surface area contributed by atoms with E-state index in [1.165, 1.54) is 21.9 Å². The van der Waals surface area contributed by atoms with Gasteiger partial charge in [0.2, 0.25) is 0 Å². The summed E-state index contributed by atoms with van der Waals surface area (Å²) in [5.41, 5.74) is 8.82. The van der Waals surface area contributed by atoms with Gasteiger partial charge in [0.1, 0.15) is 0 Å². The summed E-state index contributed by atoms with van der Waals surface area (Å²) in [6.07, 6.45) is 0.866. The van der Waals surface area contributed by atoms with Gasteiger partial charge in [-0.1, -0.05) is 72.8 Å². The van der Waals surface area contributed by atoms with Crippen LogP contribution in [0.1, 0.15) is 17.2 Å². The second-order valence-corrected chi connectivity index (χ2v) is 4.86. The Labute approximate surface area is 113 Å². The summed E-state index contributed by atoms with van der Waals surface area (Å²) in [7, 11) is 0. The van der Waals surface area contributed by atoms with Crippen molar-refractivity contribution in [3.05, 3.63) is 83.9 Å². The molecule has 0 fully saturated rings. The van der Waals surface area contributed by atoms with Crippen molar-refractivity contribution in [2.45, 2.75) is 12.5 Å². The SMILES string of the molecule is NC(Cc1cccc2ccccc12)c1ccccc1. The average molecular weight is 247 g/mol. The van der Waals surface area contributed by atoms with E-state index in [-0.39, 0.29) is 6.04 Å². The van der Waals surface area contributed by atoms with Gasteiger partial charge < -0.3 is 5.73 Å². The Kier molecular flexibility index (Phi) is 3.30. The normalized spacial score (nSPS) is 12.5. The molecular weight excluding hydrogens is 230 g/mol. The number of rotatable bonds is 3. The zero-order valence-electron chi connectivity index (χ0n) is 10.8. The van der Waals surface area contributed by atoms with E-state index < -0.39 is 0 Å². The van der Waals surface area contributed by atoms with Crippen molar-refractivity contribution in [1.29, 1.82) is 0 Å². The molecule has 1 heteroatoms. The van der Waals surface area contributed by atoms with Crippen LogP contribution >= 0.6 is 0 Å². The third kappa shape index (κ3) is 2.51. The van der Waals surface area contributed by atoms with Gasteiger partial charge in [-0.3, -0.25) is 0 Å². The lowest BCUT2D eigenvalue weighted by Gasteiger charge is -2.13. The molecule has 3 aromatic carbocycles. The van der Waals surface area contributed by atoms with Crippen LogP contribution in [0.5, 0.6) is 0 Å². The fourth-order valence-corrected chi connectivity index (χ4v) is 2.53. The number of benzene rings is 3. The first-order valence-electron chi connectivity index (χ1n) is 6.62. The molecule has 1 atom stereocenters. The minimum Gasteiger partial charge on any atom is -0.324 e. The predicted molar refractivity (Wildman–Crippen MR) is 81.0 cm³/mol. The number of fused-ring (bicyclic) bond motifs is 1. The summed E-state index contributed by atoms with van der Waals surface area (Å²) in [4.78, 5) is 0. The minimum absolute atomic E-state index is 0.0482. The predicted octanol–water partition coefficient (Wildman–Crippen LogP) is 4.08. The summed E-state index contributed by atoms with van der Waals surface area (Å²) >= 11 is 0. The van der Waals surface area contributed by atoms with Crippen LogP contribution in [0.25, 0.3) is 10.8 Å². The standard InChI is InChI=1S/C18H17N/c19-18(15-8-2-1-3-9-15)13-16-11-6-10-14-7-4-5-12-17(14)16/h1-12,18H,13,19H2. The van der Waals surface area contributed by atoms with Gasteiger partial charge in [0.25, 0.3) is 0 Å². The number of hydrogen-bond donors (Lipinski definition) is 1. The minimum atomic E-state index is 0.0482. The summed E-state index contributed by atoms with van der Waals surface area (Å²) in [5.74, 6) is 0. The second kappa shape index (κ2) is 5.25. The lowest BCUT2D eigenvalue weighted by Crippen LogP contribution is -2.13. The molecule has 0 spiro atoms. The van der Waals surface area contributed by atoms with Crippen molar-refractivity contribution in [2.24, 2.45) is 5.73 Å². The van der Waals surface area contributed by atoms with Crippen LogP contribution in [0.2, 0.25) is 0 Å². The maximum absolute atomic E-state index is 6.32. The van der Waals surface area contributed by atoms with E-state index in [9.17, 15) is 0 Å². The van der Waals surface area contributed by atoms with Crippen molar-refractivity contribution in [1.82, 2.24) is 0 Å². The Balaban J connectivity index is 1.94. The van der Waals surface area contributed by atoms with E-state index in [2.05, 4.69) is 54.6 Å². The fourth-order valence-electron chi connectivity index (χ4n) is 2.53. The first-order chi connectivity index (χ1) is 9.34. The molecule has 0 aliphatic heterocycles. The molecule has 19 heavy (non-hydrogen) atoms. The maximum atomic E-state index is 6.32. The highest BCUT2D eigenvalue weighted by Gasteiger charge is 2.08. The van der Waals surface area contributed by atoms with Gasteiger partial charge in [-0.2, -0.15) is 0 Å². The van der Waals surface area contributed by atoms with Crippen LogP contribution in [0.15, 0.2) is 72.8 Å². The van der Waals surface area contributed by atoms with Crippen molar-refractivity contribution in [3.8, 4) is 0 Å². The van der Waals surface area contributed by atoms with Gasteiger partial charge in [-0.05, 0) is 28.3 Å². The molecular formula is C18H17N. The molecule has 0 amide bonds. The van der Waals surface area contributed by atoms with E-state index in [4.69, 9.17) is 5.73 Å². The molecule has 0 aromatic heterocycles. The second-order valence-electron chi connectivity index (χ2n) is 4.86. The summed E-state index contributed by atoms with van der Waals surface area (Å²) in [6.45, 7) is 0. The van der Waals surface area contributed by atoms with Gasteiger partial charge in [0, 0.05) is 6.04 Å². The van der Waals surface area contributed by atoms with E-state index in [1.54, 1.807) is 0 Å². The van der Waals surface area contributed by atoms with Gasteiger partial charge >= 0.3 is 0 Å². The quantitative estimate of drug-likeness (QED) is 0.741. The van der Waals surface area contributed by atoms with Crippen molar-refractivity contribution in [3.63, 3.8) is 0 Å². The number of hydrogen-bond acceptors (Lipinski definition) is 1. The van der Waals surface area contributed by atoms with E-state index in [0.717, 1.165) is 6.42 Å². The number of nitrogens with two attached hydrogens (primary N) is 1. The lowest BCUT2D eigenvalue weighted by atomic mass is 9.95. The first-order valence-corrected chi connectivity index (χ1v) is 6.62. The Bertz CT molecular complexity index is 668. The van der Waals surface area contributed by atoms with Crippen LogP contribution in [0, 0.1) is 0 Å². The van der Waals surface area contributed by atoms with Crippen LogP contribution in [-0.4, -0.2) is 0 Å². The van der Waals surface area contributed by atoms with Crippen molar-refractivity contribution < 1.29 is 0 Å². The van der Waals surface area contributed by atoms with Crippen molar-refractivity contribution >= 4 is 10.8 Å². The molecule has 0 aliphatic carbocycles. The lowest BCUT2D eigenvalue weighted by molar-refractivity contribution is 0.725. The zero-order valence-corrected chi connectivity index (χ0v) is 10.8. The molecule has 1 nitrogen and oxygen atoms in total. The molecule has 1 unspecified atom stereocenters. The highest BCUT2D eigenvalue weighted by atomic mass is 14.6. The van der Waals surface area contributed by atoms with E-state index in [0.29, 0.717) is 0 Å². The van der Waals surface area contributed by atoms with Crippen molar-refractivity contribution in [2.75, 3.05) is 0 Å². The molecule has 94 valence electrons. The average Bonchev–Trinajstić information content (AvgIpc) is 2.48. The highest BCUT2D eigenvalue weighted by molar-refractivity contribution is 5.85. The summed E-state index contributed by atoms with van der Waals surface area (Å²) < 4.78 is 0. The summed E-state index contributed by atoms with van der Waals surface area (Å²) in [5, 5.41) is 2.58.